The Morgan fingerprint density at radius 1 is 1.12 bits per heavy atom. The highest BCUT2D eigenvalue weighted by atomic mass is 35.5. The second-order valence-corrected chi connectivity index (χ2v) is 5.66. The molecule has 0 atom stereocenters. The molecule has 0 radical (unpaired) electrons. The summed E-state index contributed by atoms with van der Waals surface area (Å²) < 4.78 is 11.0. The molecule has 0 bridgehead atoms. The second kappa shape index (κ2) is 8.97. The molecule has 0 amide bonds. The molecule has 0 unspecified atom stereocenters. The maximum atomic E-state index is 10.8. The van der Waals surface area contributed by atoms with Crippen molar-refractivity contribution < 1.29 is 19.4 Å². The number of aliphatic carboxylic acids is 1. The van der Waals surface area contributed by atoms with Crippen LogP contribution in [0.25, 0.3) is 6.08 Å². The molecule has 0 heterocycles. The van der Waals surface area contributed by atoms with Crippen molar-refractivity contribution in [2.24, 2.45) is 0 Å². The number of halogens is 2. The van der Waals surface area contributed by atoms with Gasteiger partial charge in [0.25, 0.3) is 0 Å². The third-order valence-corrected chi connectivity index (χ3v) is 3.58. The van der Waals surface area contributed by atoms with Crippen molar-refractivity contribution in [2.75, 3.05) is 13.2 Å². The van der Waals surface area contributed by atoms with Gasteiger partial charge in [-0.2, -0.15) is 5.26 Å². The summed E-state index contributed by atoms with van der Waals surface area (Å²) in [5.74, 6) is -0.148. The minimum Gasteiger partial charge on any atom is -0.490 e. The van der Waals surface area contributed by atoms with Gasteiger partial charge in [-0.25, -0.2) is 4.79 Å². The van der Waals surface area contributed by atoms with Crippen LogP contribution in [0.3, 0.4) is 0 Å². The highest BCUT2D eigenvalue weighted by Gasteiger charge is 2.06. The summed E-state index contributed by atoms with van der Waals surface area (Å²) in [5.41, 5.74) is 0.261. The van der Waals surface area contributed by atoms with Crippen LogP contribution in [0.5, 0.6) is 11.5 Å². The summed E-state index contributed by atoms with van der Waals surface area (Å²) in [5, 5.41) is 18.5. The van der Waals surface area contributed by atoms with Crippen molar-refractivity contribution in [3.63, 3.8) is 0 Å². The van der Waals surface area contributed by atoms with E-state index < -0.39 is 5.97 Å². The lowest BCUT2D eigenvalue weighted by molar-refractivity contribution is -0.132. The molecule has 25 heavy (non-hydrogen) atoms. The predicted octanol–water partition coefficient (Wildman–Crippen LogP) is 4.44. The van der Waals surface area contributed by atoms with Crippen LogP contribution in [0.4, 0.5) is 0 Å². The van der Waals surface area contributed by atoms with Gasteiger partial charge in [0.2, 0.25) is 0 Å². The van der Waals surface area contributed by atoms with Gasteiger partial charge in [-0.05, 0) is 42.0 Å². The first-order valence-electron chi connectivity index (χ1n) is 7.15. The van der Waals surface area contributed by atoms with E-state index in [-0.39, 0.29) is 5.57 Å². The first-order chi connectivity index (χ1) is 12.0. The number of ether oxygens (including phenoxy) is 2. The maximum absolute atomic E-state index is 10.8. The summed E-state index contributed by atoms with van der Waals surface area (Å²) in [6.45, 7) is 0.591. The lowest BCUT2D eigenvalue weighted by Crippen LogP contribution is -2.09. The molecule has 0 saturated carbocycles. The van der Waals surface area contributed by atoms with E-state index >= 15 is 0 Å². The molecule has 0 spiro atoms. The van der Waals surface area contributed by atoms with E-state index in [9.17, 15) is 4.79 Å². The van der Waals surface area contributed by atoms with Crippen LogP contribution in [0.15, 0.2) is 48.0 Å². The average molecular weight is 378 g/mol. The molecule has 0 aromatic heterocycles. The number of carboxylic acids is 1. The number of benzene rings is 2. The first kappa shape index (κ1) is 18.7. The first-order valence-corrected chi connectivity index (χ1v) is 7.91. The summed E-state index contributed by atoms with van der Waals surface area (Å²) >= 11 is 11.8. The minimum absolute atomic E-state index is 0.292. The number of nitrogens with zero attached hydrogens (tertiary/aromatic N) is 1. The molecule has 0 aliphatic rings. The molecular formula is C18H13Cl2NO4. The Morgan fingerprint density at radius 3 is 2.40 bits per heavy atom. The number of carbonyl (C=O) groups is 1. The topological polar surface area (TPSA) is 79.5 Å². The van der Waals surface area contributed by atoms with Crippen LogP contribution in [-0.4, -0.2) is 24.3 Å². The van der Waals surface area contributed by atoms with Crippen molar-refractivity contribution in [3.05, 3.63) is 63.6 Å². The van der Waals surface area contributed by atoms with E-state index in [1.54, 1.807) is 48.5 Å². The Morgan fingerprint density at radius 2 is 1.80 bits per heavy atom. The van der Waals surface area contributed by atoms with Crippen LogP contribution >= 0.6 is 23.2 Å². The molecule has 0 fully saturated rings. The highest BCUT2D eigenvalue weighted by molar-refractivity contribution is 6.35. The molecule has 128 valence electrons. The highest BCUT2D eigenvalue weighted by Crippen LogP contribution is 2.27. The summed E-state index contributed by atoms with van der Waals surface area (Å²) in [7, 11) is 0. The quantitative estimate of drug-likeness (QED) is 0.438. The van der Waals surface area contributed by atoms with Crippen LogP contribution in [0.1, 0.15) is 5.56 Å². The van der Waals surface area contributed by atoms with Gasteiger partial charge in [0, 0.05) is 5.02 Å². The lowest BCUT2D eigenvalue weighted by Gasteiger charge is -2.10. The van der Waals surface area contributed by atoms with Crippen molar-refractivity contribution in [1.82, 2.24) is 0 Å². The summed E-state index contributed by atoms with van der Waals surface area (Å²) in [6.07, 6.45) is 1.29. The number of nitriles is 1. The van der Waals surface area contributed by atoms with E-state index in [2.05, 4.69) is 0 Å². The van der Waals surface area contributed by atoms with Crippen LogP contribution < -0.4 is 9.47 Å². The Labute approximate surface area is 154 Å². The molecular weight excluding hydrogens is 365 g/mol. The lowest BCUT2D eigenvalue weighted by atomic mass is 10.1. The fourth-order valence-corrected chi connectivity index (χ4v) is 2.34. The molecule has 1 N–H and O–H groups in total. The van der Waals surface area contributed by atoms with Gasteiger partial charge in [-0.15, -0.1) is 0 Å². The third-order valence-electron chi connectivity index (χ3n) is 3.05. The van der Waals surface area contributed by atoms with E-state index in [4.69, 9.17) is 43.0 Å². The SMILES string of the molecule is N#CC(=Cc1ccc(OCCOc2ccc(Cl)cc2Cl)cc1)C(=O)O. The van der Waals surface area contributed by atoms with E-state index in [1.165, 1.54) is 6.08 Å². The van der Waals surface area contributed by atoms with Gasteiger partial charge in [-0.3, -0.25) is 0 Å². The van der Waals surface area contributed by atoms with Crippen molar-refractivity contribution in [1.29, 1.82) is 5.26 Å². The van der Waals surface area contributed by atoms with Gasteiger partial charge in [0.1, 0.15) is 36.4 Å². The fourth-order valence-electron chi connectivity index (χ4n) is 1.87. The van der Waals surface area contributed by atoms with Gasteiger partial charge in [0.15, 0.2) is 0 Å². The number of hydrogen-bond donors (Lipinski definition) is 1. The fraction of sp³-hybridized carbons (Fsp3) is 0.111. The van der Waals surface area contributed by atoms with Crippen LogP contribution in [-0.2, 0) is 4.79 Å². The zero-order valence-electron chi connectivity index (χ0n) is 12.9. The van der Waals surface area contributed by atoms with Crippen molar-refractivity contribution in [3.8, 4) is 17.6 Å². The molecule has 2 aromatic carbocycles. The number of hydrogen-bond acceptors (Lipinski definition) is 4. The summed E-state index contributed by atoms with van der Waals surface area (Å²) in [4.78, 5) is 10.8. The smallest absolute Gasteiger partial charge is 0.346 e. The zero-order valence-corrected chi connectivity index (χ0v) is 14.4. The monoisotopic (exact) mass is 377 g/mol. The Balaban J connectivity index is 1.86. The zero-order chi connectivity index (χ0) is 18.2. The van der Waals surface area contributed by atoms with Gasteiger partial charge in [-0.1, -0.05) is 35.3 Å². The normalized spacial score (nSPS) is 10.8. The van der Waals surface area contributed by atoms with E-state index in [0.717, 1.165) is 0 Å². The molecule has 0 saturated heterocycles. The molecule has 7 heteroatoms. The van der Waals surface area contributed by atoms with Gasteiger partial charge in [0.05, 0.1) is 5.02 Å². The standard InChI is InChI=1S/C18H13Cl2NO4/c19-14-3-6-17(16(20)10-14)25-8-7-24-15-4-1-12(2-5-15)9-13(11-21)18(22)23/h1-6,9-10H,7-8H2,(H,22,23). The molecule has 0 aliphatic heterocycles. The van der Waals surface area contributed by atoms with Crippen molar-refractivity contribution in [2.45, 2.75) is 0 Å². The summed E-state index contributed by atoms with van der Waals surface area (Å²) in [6, 6.07) is 13.3. The number of carboxylic acid groups (broad SMARTS) is 1. The predicted molar refractivity (Wildman–Crippen MR) is 95.1 cm³/mol. The minimum atomic E-state index is -1.26. The molecule has 0 aliphatic carbocycles. The maximum Gasteiger partial charge on any atom is 0.346 e. The van der Waals surface area contributed by atoms with E-state index in [0.29, 0.717) is 40.3 Å². The largest absolute Gasteiger partial charge is 0.490 e. The third kappa shape index (κ3) is 5.71. The molecule has 2 rings (SSSR count). The number of rotatable bonds is 7. The van der Waals surface area contributed by atoms with Crippen LogP contribution in [0.2, 0.25) is 10.0 Å². The second-order valence-electron chi connectivity index (χ2n) is 4.82. The molecule has 2 aromatic rings. The van der Waals surface area contributed by atoms with Crippen molar-refractivity contribution >= 4 is 35.2 Å². The Bertz CT molecular complexity index is 826. The molecule has 5 nitrogen and oxygen atoms in total. The van der Waals surface area contributed by atoms with Gasteiger partial charge >= 0.3 is 5.97 Å². The Kier molecular flexibility index (Phi) is 6.70. The van der Waals surface area contributed by atoms with Crippen LogP contribution in [0, 0.1) is 11.3 Å². The van der Waals surface area contributed by atoms with Gasteiger partial charge < -0.3 is 14.6 Å². The Hall–Kier alpha value is -2.68. The average Bonchev–Trinajstić information content (AvgIpc) is 2.59. The van der Waals surface area contributed by atoms with E-state index in [1.807, 2.05) is 0 Å².